The molecule has 0 amide bonds. The molecule has 4 aliphatic heterocycles. The maximum Gasteiger partial charge on any atom is 0.218 e. The van der Waals surface area contributed by atoms with Crippen molar-refractivity contribution < 1.29 is 261 Å². The van der Waals surface area contributed by atoms with Gasteiger partial charge < -0.3 is 97.1 Å². The molecule has 20 atom stereocenters. The van der Waals surface area contributed by atoms with Crippen LogP contribution in [-0.2, 0) is 234 Å². The first-order valence-corrected chi connectivity index (χ1v) is 42.3. The van der Waals surface area contributed by atoms with Gasteiger partial charge >= 0.3 is 0 Å². The molecule has 1 aromatic carbocycles. The molecule has 4 fully saturated rings. The summed E-state index contributed by atoms with van der Waals surface area (Å²) in [4.78, 5) is 0. The first-order valence-electron chi connectivity index (χ1n) is 25.0. The van der Waals surface area contributed by atoms with Gasteiger partial charge in [0.2, 0.25) is 135 Å². The van der Waals surface area contributed by atoms with Crippen molar-refractivity contribution in [1.29, 1.82) is 0 Å². The molecule has 0 saturated carbocycles. The quantitative estimate of drug-likeness (QED) is 0.0436. The molecule has 0 unspecified atom stereocenters. The SMILES string of the molecule is O=S(=O)([O-])OC[C@H]1O[C@H](OCc2ccccc2)[C@@H](O[C@H]2O[C@H](COS(=O)(=O)[O-])[C@@H](OS(=O)(=O)[O-])[C@H](O[C@H]3O[C@H](COS(=O)(=O)[O-])[C@@H](OS(=O)(=O)[O-])[C@H](O[C@H]4O[C@H](COS(=O)(=O)[O-])[C@@H](OS(=O)(=O)[O-])[C@H](OS(=O)(=O)[O-])[C@@H]4OS(=O)(=O)[O-])[C@@H]3OS(=O)(=O)[O-])[C@@H]2OS(=O)(=O)[O-])[C@@H](OS(=O)(=O)[O-])[C@@H]1OS(=O)(=O)[O-]. The lowest BCUT2D eigenvalue weighted by Crippen LogP contribution is -2.70. The predicted octanol–water partition coefficient (Wildman–Crippen LogP) is -14.2. The van der Waals surface area contributed by atoms with Crippen LogP contribution >= 0.6 is 0 Å². The summed E-state index contributed by atoms with van der Waals surface area (Å²) in [5, 5.41) is 0. The lowest BCUT2D eigenvalue weighted by molar-refractivity contribution is -0.384. The average Bonchev–Trinajstić information content (AvgIpc) is 0.752. The van der Waals surface area contributed by atoms with E-state index in [2.05, 4.69) is 54.4 Å². The van der Waals surface area contributed by atoms with Gasteiger partial charge in [-0.25, -0.2) is 109 Å². The van der Waals surface area contributed by atoms with E-state index in [4.69, 9.17) is 37.9 Å². The maximum absolute atomic E-state index is 12.9. The van der Waals surface area contributed by atoms with Crippen LogP contribution < -0.4 is 0 Å². The minimum Gasteiger partial charge on any atom is -0.726 e. The molecule has 0 aromatic heterocycles. The molecule has 0 aliphatic carbocycles. The Hall–Kier alpha value is -2.79. The highest BCUT2D eigenvalue weighted by atomic mass is 32.3. The van der Waals surface area contributed by atoms with E-state index in [0.717, 1.165) is 12.1 Å². The second-order valence-electron chi connectivity index (χ2n) is 19.3. The highest BCUT2D eigenvalue weighted by molar-refractivity contribution is 7.83. The largest absolute Gasteiger partial charge is 0.726 e. The van der Waals surface area contributed by atoms with Crippen molar-refractivity contribution in [2.45, 2.75) is 129 Å². The van der Waals surface area contributed by atoms with Crippen LogP contribution in [0.4, 0.5) is 0 Å². The van der Waals surface area contributed by atoms with Gasteiger partial charge in [0, 0.05) is 0 Å². The highest BCUT2D eigenvalue weighted by Gasteiger charge is 2.62. The minimum atomic E-state index is -7.21. The van der Waals surface area contributed by atoms with Crippen LogP contribution in [0.1, 0.15) is 5.56 Å². The van der Waals surface area contributed by atoms with Gasteiger partial charge in [-0.3, -0.25) is 54.4 Å². The molecule has 0 radical (unpaired) electrons. The Bertz CT molecular complexity index is 4710. The van der Waals surface area contributed by atoms with E-state index < -0.39 is 291 Å². The van der Waals surface area contributed by atoms with Crippen LogP contribution in [0.5, 0.6) is 0 Å². The van der Waals surface area contributed by atoms with Gasteiger partial charge in [0.15, 0.2) is 43.5 Å². The molecule has 1 aromatic rings. The van der Waals surface area contributed by atoms with Crippen LogP contribution in [0.3, 0.4) is 0 Å². The van der Waals surface area contributed by atoms with Crippen molar-refractivity contribution in [3.05, 3.63) is 35.9 Å². The van der Waals surface area contributed by atoms with Crippen molar-refractivity contribution in [1.82, 2.24) is 0 Å². The molecule has 610 valence electrons. The van der Waals surface area contributed by atoms with Gasteiger partial charge in [-0.2, -0.15) is 0 Å². The lowest BCUT2D eigenvalue weighted by Gasteiger charge is -2.52. The second-order valence-corrected chi connectivity index (χ2v) is 32.6. The molecule has 4 heterocycles. The molecule has 4 saturated heterocycles. The Morgan fingerprint density at radius 3 is 0.692 bits per heavy atom. The zero-order valence-electron chi connectivity index (χ0n) is 48.3. The first kappa shape index (κ1) is 91.8. The Balaban J connectivity index is 1.96. The van der Waals surface area contributed by atoms with Gasteiger partial charge in [0.05, 0.1) is 33.0 Å². The van der Waals surface area contributed by atoms with E-state index in [1.807, 2.05) is 0 Å². The Kier molecular flexibility index (Phi) is 30.4. The van der Waals surface area contributed by atoms with Crippen molar-refractivity contribution in [2.75, 3.05) is 26.4 Å². The monoisotopic (exact) mass is 1780 g/mol. The molecule has 104 heavy (non-hydrogen) atoms. The van der Waals surface area contributed by atoms with Crippen LogP contribution in [0.2, 0.25) is 0 Å². The standard InChI is InChI=1S/C31H48O60S13/c32-92(33,34)72-7-12-16(83-96(44,45)46)20(81-31-27(91-104(68,69)70)23(88-101(59,60)61)19(86-99(53,54)55)15(79-31)10-75-95(41,42)43)25(89-102(62,63)64)29(77-12)80-21-17(84-97(47,48)49)13(8-73-93(35,36)37)78-30(26(21)90-103(65,66)67)82-24-22(87-100(56,57)58)18(85-98(50,51)52)14(9-74-94(38,39)40)76-28(24)71-6-11-4-2-1-3-5-11/h1-5,12-31H,6-10H2,(H,32,33,34)(H,35,36,37)(H,38,39,40)(H,41,42,43)(H,44,45,46)(H,47,48,49)(H,50,51,52)(H,53,54,55)(H,56,57,58)(H,59,60,61)(H,62,63,64)(H,65,66,67)(H,68,69,70)/p-13/t12-,13-,14-,15-,16-,17-,18-,19-,20+,21+,22+,23+,24+,25+,26+,27+,28+,29-,30-,31-/m1/s1. The molecule has 0 bridgehead atoms. The third-order valence-electron chi connectivity index (χ3n) is 12.1. The van der Waals surface area contributed by atoms with Crippen LogP contribution in [0, 0.1) is 0 Å². The summed E-state index contributed by atoms with van der Waals surface area (Å²) in [5.41, 5.74) is -0.160. The minimum absolute atomic E-state index is 0.160. The summed E-state index contributed by atoms with van der Waals surface area (Å²) in [7, 11) is -87.9. The molecule has 60 nitrogen and oxygen atoms in total. The topological polar surface area (TPSA) is 937 Å². The summed E-state index contributed by atoms with van der Waals surface area (Å²) in [6, 6.07) is 5.85. The average molecular weight is 1780 g/mol. The Morgan fingerprint density at radius 1 is 0.240 bits per heavy atom. The third-order valence-corrected chi connectivity index (χ3v) is 17.9. The van der Waals surface area contributed by atoms with Gasteiger partial charge in [0.1, 0.15) is 79.4 Å². The molecule has 0 spiro atoms. The van der Waals surface area contributed by atoms with E-state index in [-0.39, 0.29) is 5.56 Å². The van der Waals surface area contributed by atoms with Crippen LogP contribution in [0.25, 0.3) is 0 Å². The van der Waals surface area contributed by atoms with E-state index in [0.29, 0.717) is 0 Å². The summed E-state index contributed by atoms with van der Waals surface area (Å²) in [6.45, 7) is -10.7. The lowest BCUT2D eigenvalue weighted by atomic mass is 9.95. The van der Waals surface area contributed by atoms with E-state index in [1.165, 1.54) is 18.2 Å². The van der Waals surface area contributed by atoms with Gasteiger partial charge in [0.25, 0.3) is 0 Å². The second kappa shape index (κ2) is 34.4. The van der Waals surface area contributed by atoms with Crippen molar-refractivity contribution in [2.24, 2.45) is 0 Å². The number of ether oxygens (including phenoxy) is 8. The maximum atomic E-state index is 12.9. The molecule has 4 aliphatic rings. The fraction of sp³-hybridized carbons (Fsp3) is 0.806. The fourth-order valence-corrected chi connectivity index (χ4v) is 14.6. The van der Waals surface area contributed by atoms with Crippen molar-refractivity contribution in [3.8, 4) is 0 Å². The Labute approximate surface area is 584 Å². The zero-order chi connectivity index (χ0) is 79.5. The summed E-state index contributed by atoms with van der Waals surface area (Å²) in [5.74, 6) is 0. The zero-order valence-corrected chi connectivity index (χ0v) is 58.9. The first-order chi connectivity index (χ1) is 46.6. The molecular formula is C31H35O60S13-13. The molecule has 73 heteroatoms. The number of benzene rings is 1. The summed E-state index contributed by atoms with van der Waals surface area (Å²) >= 11 is 0. The van der Waals surface area contributed by atoms with Gasteiger partial charge in [-0.05, 0) is 5.56 Å². The predicted molar refractivity (Wildman–Crippen MR) is 274 cm³/mol. The van der Waals surface area contributed by atoms with E-state index >= 15 is 0 Å². The third kappa shape index (κ3) is 32.6. The number of hydrogen-bond donors (Lipinski definition) is 0. The smallest absolute Gasteiger partial charge is 0.218 e. The fourth-order valence-electron chi connectivity index (χ4n) is 9.00. The van der Waals surface area contributed by atoms with Crippen LogP contribution in [0.15, 0.2) is 30.3 Å². The molecule has 0 N–H and O–H groups in total. The molecule has 5 rings (SSSR count). The Morgan fingerprint density at radius 2 is 0.442 bits per heavy atom. The summed E-state index contributed by atoms with van der Waals surface area (Å²) < 4.78 is 573. The van der Waals surface area contributed by atoms with E-state index in [1.54, 1.807) is 0 Å². The normalized spacial score (nSPS) is 31.7. The van der Waals surface area contributed by atoms with Crippen molar-refractivity contribution in [3.63, 3.8) is 0 Å². The number of hydrogen-bond acceptors (Lipinski definition) is 60. The van der Waals surface area contributed by atoms with Gasteiger partial charge in [-0.1, -0.05) is 30.3 Å². The van der Waals surface area contributed by atoms with Gasteiger partial charge in [-0.15, -0.1) is 0 Å². The van der Waals surface area contributed by atoms with Crippen LogP contribution in [-0.4, -0.2) is 318 Å². The summed E-state index contributed by atoms with van der Waals surface area (Å²) in [6.07, 6.45) is -75.6. The highest BCUT2D eigenvalue weighted by Crippen LogP contribution is 2.42. The van der Waals surface area contributed by atoms with E-state index in [9.17, 15) is 169 Å². The molecular weight excluding hydrogens is 1750 g/mol. The number of rotatable bonds is 39. The van der Waals surface area contributed by atoms with Crippen molar-refractivity contribution >= 4 is 135 Å².